The Morgan fingerprint density at radius 1 is 0.825 bits per heavy atom. The first-order valence-corrected chi connectivity index (χ1v) is 21.0. The fourth-order valence-electron chi connectivity index (χ4n) is 11.0. The Bertz CT molecular complexity index is 2170. The van der Waals surface area contributed by atoms with Gasteiger partial charge in [0.1, 0.15) is 24.1 Å². The summed E-state index contributed by atoms with van der Waals surface area (Å²) in [6.45, 7) is 12.5. The standard InChI is InChI=1S/C48H53N5O4/c1-32-7-18-44(46(55)49-32)53-29-36-25-37(11-16-43(36)47(53)56)51-19-21-52(22-20-51)38-27-48(28-38)30-50(31-48)23-24-57-40-13-8-34(9-14-40)45-41(33-5-3-2-4-6-33)15-10-35-26-39(54)12-17-42(35)45/h2-6,8-9,11-14,16-17,25-26,38,41,44-45,54H,1,7,10,15,18-24,27-31H2,(H,49,55)/t41-,44?,45+/m1/s1. The van der Waals surface area contributed by atoms with Crippen LogP contribution in [0.3, 0.4) is 0 Å². The number of piperidine rings is 1. The van der Waals surface area contributed by atoms with Gasteiger partial charge >= 0.3 is 0 Å². The number of aryl methyl sites for hydroxylation is 1. The number of fused-ring (bicyclic) bond motifs is 2. The molecule has 9 nitrogen and oxygen atoms in total. The molecule has 1 saturated carbocycles. The maximum Gasteiger partial charge on any atom is 0.255 e. The molecule has 294 valence electrons. The number of hydrogen-bond acceptors (Lipinski definition) is 7. The molecule has 3 saturated heterocycles. The van der Waals surface area contributed by atoms with E-state index < -0.39 is 6.04 Å². The maximum absolute atomic E-state index is 13.2. The molecule has 4 aromatic carbocycles. The number of nitrogens with one attached hydrogen (secondary N) is 1. The first kappa shape index (κ1) is 36.2. The summed E-state index contributed by atoms with van der Waals surface area (Å²) in [6, 6.07) is 32.0. The number of nitrogens with zero attached hydrogens (tertiary/aromatic N) is 4. The lowest BCUT2D eigenvalue weighted by Gasteiger charge is -2.62. The molecule has 10 rings (SSSR count). The van der Waals surface area contributed by atoms with Gasteiger partial charge in [-0.05, 0) is 120 Å². The zero-order valence-corrected chi connectivity index (χ0v) is 32.7. The summed E-state index contributed by atoms with van der Waals surface area (Å²) in [4.78, 5) is 35.3. The first-order chi connectivity index (χ1) is 27.8. The van der Waals surface area contributed by atoms with Gasteiger partial charge in [0.15, 0.2) is 0 Å². The number of ether oxygens (including phenoxy) is 1. The highest BCUT2D eigenvalue weighted by Gasteiger charge is 2.53. The van der Waals surface area contributed by atoms with E-state index in [9.17, 15) is 14.7 Å². The van der Waals surface area contributed by atoms with Crippen molar-refractivity contribution in [3.63, 3.8) is 0 Å². The molecule has 9 heteroatoms. The van der Waals surface area contributed by atoms with Crippen LogP contribution in [0.5, 0.6) is 11.5 Å². The molecule has 2 amide bonds. The quantitative estimate of drug-likeness (QED) is 0.197. The molecule has 57 heavy (non-hydrogen) atoms. The number of benzene rings is 4. The number of anilines is 1. The molecule has 2 aliphatic carbocycles. The molecular formula is C48H53N5O4. The van der Waals surface area contributed by atoms with E-state index in [-0.39, 0.29) is 17.7 Å². The van der Waals surface area contributed by atoms with Crippen molar-refractivity contribution in [3.05, 3.63) is 137 Å². The summed E-state index contributed by atoms with van der Waals surface area (Å²) in [5, 5.41) is 13.0. The molecule has 4 fully saturated rings. The Hall–Kier alpha value is -5.12. The van der Waals surface area contributed by atoms with Crippen LogP contribution in [0, 0.1) is 5.41 Å². The van der Waals surface area contributed by atoms with Crippen molar-refractivity contribution in [1.82, 2.24) is 20.0 Å². The predicted molar refractivity (Wildman–Crippen MR) is 222 cm³/mol. The molecule has 6 aliphatic rings. The predicted octanol–water partition coefficient (Wildman–Crippen LogP) is 6.67. The molecule has 3 atom stereocenters. The van der Waals surface area contributed by atoms with Crippen molar-refractivity contribution in [3.8, 4) is 11.5 Å². The number of likely N-dealkylation sites (tertiary alicyclic amines) is 1. The van der Waals surface area contributed by atoms with Crippen LogP contribution in [-0.4, -0.2) is 96.1 Å². The molecule has 0 bridgehead atoms. The van der Waals surface area contributed by atoms with Crippen molar-refractivity contribution in [2.45, 2.75) is 69.0 Å². The number of allylic oxidation sites excluding steroid dienone is 1. The molecule has 0 radical (unpaired) electrons. The van der Waals surface area contributed by atoms with Crippen LogP contribution < -0.4 is 15.0 Å². The lowest BCUT2D eigenvalue weighted by molar-refractivity contribution is -0.126. The van der Waals surface area contributed by atoms with Gasteiger partial charge in [-0.25, -0.2) is 0 Å². The van der Waals surface area contributed by atoms with Gasteiger partial charge in [-0.2, -0.15) is 0 Å². The van der Waals surface area contributed by atoms with Crippen molar-refractivity contribution in [2.24, 2.45) is 5.41 Å². The van der Waals surface area contributed by atoms with Gasteiger partial charge in [-0.3, -0.25) is 19.4 Å². The molecule has 0 aromatic heterocycles. The Labute approximate surface area is 335 Å². The Morgan fingerprint density at radius 3 is 2.39 bits per heavy atom. The second-order valence-corrected chi connectivity index (χ2v) is 17.6. The van der Waals surface area contributed by atoms with E-state index in [2.05, 4.69) is 99.4 Å². The summed E-state index contributed by atoms with van der Waals surface area (Å²) in [7, 11) is 0. The van der Waals surface area contributed by atoms with Gasteiger partial charge in [-0.1, -0.05) is 55.1 Å². The molecular weight excluding hydrogens is 711 g/mol. The minimum Gasteiger partial charge on any atom is -0.508 e. The summed E-state index contributed by atoms with van der Waals surface area (Å²) in [6.07, 6.45) is 5.95. The maximum atomic E-state index is 13.2. The molecule has 1 unspecified atom stereocenters. The van der Waals surface area contributed by atoms with Crippen molar-refractivity contribution >= 4 is 17.5 Å². The topological polar surface area (TPSA) is 88.6 Å². The first-order valence-electron chi connectivity index (χ1n) is 21.0. The fraction of sp³-hybridized carbons (Fsp3) is 0.417. The number of amides is 2. The normalized spacial score (nSPS) is 24.8. The van der Waals surface area contributed by atoms with Crippen molar-refractivity contribution < 1.29 is 19.4 Å². The highest BCUT2D eigenvalue weighted by Crippen LogP contribution is 2.51. The number of hydrogen-bond donors (Lipinski definition) is 2. The molecule has 4 aromatic rings. The Morgan fingerprint density at radius 2 is 1.61 bits per heavy atom. The van der Waals surface area contributed by atoms with E-state index >= 15 is 0 Å². The zero-order chi connectivity index (χ0) is 38.7. The Balaban J connectivity index is 0.672. The second kappa shape index (κ2) is 14.7. The largest absolute Gasteiger partial charge is 0.508 e. The van der Waals surface area contributed by atoms with Crippen molar-refractivity contribution in [2.75, 3.05) is 57.3 Å². The highest BCUT2D eigenvalue weighted by molar-refractivity contribution is 6.01. The molecule has 4 aliphatic heterocycles. The number of phenols is 1. The Kier molecular flexibility index (Phi) is 9.33. The van der Waals surface area contributed by atoms with Gasteiger partial charge in [0, 0.05) is 81.3 Å². The summed E-state index contributed by atoms with van der Waals surface area (Å²) >= 11 is 0. The third-order valence-electron chi connectivity index (χ3n) is 14.0. The summed E-state index contributed by atoms with van der Waals surface area (Å²) < 4.78 is 6.28. The van der Waals surface area contributed by atoms with Crippen LogP contribution in [0.2, 0.25) is 0 Å². The van der Waals surface area contributed by atoms with Gasteiger partial charge < -0.3 is 25.0 Å². The third kappa shape index (κ3) is 6.88. The summed E-state index contributed by atoms with van der Waals surface area (Å²) in [5.41, 5.74) is 9.37. The average Bonchev–Trinajstić information content (AvgIpc) is 3.53. The van der Waals surface area contributed by atoms with Gasteiger partial charge in [-0.15, -0.1) is 0 Å². The van der Waals surface area contributed by atoms with Gasteiger partial charge in [0.25, 0.3) is 5.91 Å². The number of aromatic hydroxyl groups is 1. The number of carbonyl (C=O) groups excluding carboxylic acids is 2. The van der Waals surface area contributed by atoms with Crippen LogP contribution in [0.25, 0.3) is 0 Å². The smallest absolute Gasteiger partial charge is 0.255 e. The fourth-order valence-corrected chi connectivity index (χ4v) is 11.0. The number of phenolic OH excluding ortho intramolecular Hbond substituents is 1. The average molecular weight is 764 g/mol. The molecule has 4 heterocycles. The molecule has 1 spiro atoms. The summed E-state index contributed by atoms with van der Waals surface area (Å²) in [5.74, 6) is 1.74. The minimum absolute atomic E-state index is 0.0387. The minimum atomic E-state index is -0.424. The van der Waals surface area contributed by atoms with Crippen LogP contribution in [0.15, 0.2) is 103 Å². The zero-order valence-electron chi connectivity index (χ0n) is 32.7. The number of carbonyl (C=O) groups is 2. The molecule has 2 N–H and O–H groups in total. The van der Waals surface area contributed by atoms with E-state index in [0.717, 1.165) is 68.1 Å². The van der Waals surface area contributed by atoms with Crippen LogP contribution >= 0.6 is 0 Å². The van der Waals surface area contributed by atoms with E-state index in [1.54, 1.807) is 4.90 Å². The SMILES string of the molecule is C=C1CCC(N2Cc3cc(N4CCN(C5CC6(C5)CN(CCOc5ccc([C@@H]7c8ccc(O)cc8CC[C@@H]7c7ccccc7)cc5)C6)CC4)ccc3C2=O)C(=O)N1. The van der Waals surface area contributed by atoms with Crippen molar-refractivity contribution in [1.29, 1.82) is 0 Å². The van der Waals surface area contributed by atoms with Gasteiger partial charge in [0.2, 0.25) is 5.91 Å². The monoisotopic (exact) mass is 763 g/mol. The third-order valence-corrected chi connectivity index (χ3v) is 14.0. The van der Waals surface area contributed by atoms with E-state index in [1.165, 1.54) is 53.9 Å². The number of piperazine rings is 1. The van der Waals surface area contributed by atoms with E-state index in [0.29, 0.717) is 49.1 Å². The lowest BCUT2D eigenvalue weighted by atomic mass is 9.60. The van der Waals surface area contributed by atoms with Crippen LogP contribution in [0.4, 0.5) is 5.69 Å². The highest BCUT2D eigenvalue weighted by atomic mass is 16.5. The van der Waals surface area contributed by atoms with Crippen LogP contribution in [-0.2, 0) is 17.8 Å². The lowest BCUT2D eigenvalue weighted by Crippen LogP contribution is -2.68. The second-order valence-electron chi connectivity index (χ2n) is 17.6. The van der Waals surface area contributed by atoms with E-state index in [4.69, 9.17) is 4.74 Å². The number of rotatable bonds is 9. The van der Waals surface area contributed by atoms with Gasteiger partial charge in [0.05, 0.1) is 0 Å². The van der Waals surface area contributed by atoms with Crippen LogP contribution in [0.1, 0.15) is 82.1 Å². The van der Waals surface area contributed by atoms with E-state index in [1.807, 2.05) is 18.2 Å².